The summed E-state index contributed by atoms with van der Waals surface area (Å²) in [4.78, 5) is 11.1. The number of carbonyl (C=O) groups excluding carboxylic acids is 1. The molecule has 1 aromatic carbocycles. The van der Waals surface area contributed by atoms with E-state index in [-0.39, 0.29) is 12.2 Å². The summed E-state index contributed by atoms with van der Waals surface area (Å²) in [5.74, 6) is -1.60. The number of nitrogens with two attached hydrogens (primary N) is 1. The molecule has 1 unspecified atom stereocenters. The Labute approximate surface area is 106 Å². The molecule has 0 fully saturated rings. The fourth-order valence-corrected chi connectivity index (χ4v) is 1.79. The second kappa shape index (κ2) is 6.07. The lowest BCUT2D eigenvalue weighted by Crippen LogP contribution is -2.31. The van der Waals surface area contributed by atoms with E-state index >= 15 is 0 Å². The Balaban J connectivity index is 2.87. The Morgan fingerprint density at radius 3 is 2.71 bits per heavy atom. The SMILES string of the molecule is CCOC(=O)C(F)[C@H](N)c1cc(F)cc(Br)c1. The molecule has 17 heavy (non-hydrogen) atoms. The van der Waals surface area contributed by atoms with E-state index in [2.05, 4.69) is 20.7 Å². The van der Waals surface area contributed by atoms with Gasteiger partial charge in [-0.1, -0.05) is 15.9 Å². The minimum Gasteiger partial charge on any atom is -0.464 e. The maximum atomic E-state index is 13.6. The molecule has 1 rings (SSSR count). The number of carbonyl (C=O) groups is 1. The van der Waals surface area contributed by atoms with Gasteiger partial charge in [-0.05, 0) is 30.7 Å². The Bertz CT molecular complexity index is 394. The number of esters is 1. The Hall–Kier alpha value is -1.01. The van der Waals surface area contributed by atoms with E-state index in [1.165, 1.54) is 12.1 Å². The van der Waals surface area contributed by atoms with Crippen LogP contribution in [0.3, 0.4) is 0 Å². The molecule has 0 aliphatic rings. The van der Waals surface area contributed by atoms with Crippen molar-refractivity contribution in [2.75, 3.05) is 6.61 Å². The van der Waals surface area contributed by atoms with Crippen molar-refractivity contribution in [3.05, 3.63) is 34.1 Å². The van der Waals surface area contributed by atoms with E-state index < -0.39 is 24.0 Å². The summed E-state index contributed by atoms with van der Waals surface area (Å²) >= 11 is 3.06. The zero-order valence-electron chi connectivity index (χ0n) is 9.12. The molecule has 0 saturated carbocycles. The number of ether oxygens (including phenoxy) is 1. The van der Waals surface area contributed by atoms with Crippen molar-refractivity contribution in [2.45, 2.75) is 19.1 Å². The van der Waals surface area contributed by atoms with Gasteiger partial charge in [0.05, 0.1) is 12.6 Å². The molecule has 2 N–H and O–H groups in total. The lowest BCUT2D eigenvalue weighted by atomic mass is 10.0. The van der Waals surface area contributed by atoms with E-state index in [1.54, 1.807) is 6.92 Å². The molecule has 1 aromatic rings. The van der Waals surface area contributed by atoms with Gasteiger partial charge in [-0.25, -0.2) is 13.6 Å². The predicted octanol–water partition coefficient (Wildman–Crippen LogP) is 2.49. The Morgan fingerprint density at radius 1 is 1.53 bits per heavy atom. The van der Waals surface area contributed by atoms with Gasteiger partial charge in [-0.15, -0.1) is 0 Å². The van der Waals surface area contributed by atoms with Crippen molar-refractivity contribution in [1.29, 1.82) is 0 Å². The molecule has 0 amide bonds. The van der Waals surface area contributed by atoms with Gasteiger partial charge in [-0.3, -0.25) is 0 Å². The van der Waals surface area contributed by atoms with Crippen molar-refractivity contribution in [3.63, 3.8) is 0 Å². The van der Waals surface area contributed by atoms with Crippen molar-refractivity contribution in [1.82, 2.24) is 0 Å². The lowest BCUT2D eigenvalue weighted by Gasteiger charge is -2.16. The predicted molar refractivity (Wildman–Crippen MR) is 62.6 cm³/mol. The van der Waals surface area contributed by atoms with Crippen LogP contribution in [0.15, 0.2) is 22.7 Å². The highest BCUT2D eigenvalue weighted by molar-refractivity contribution is 9.10. The minimum atomic E-state index is -2.01. The molecule has 0 aliphatic heterocycles. The maximum Gasteiger partial charge on any atom is 0.342 e. The smallest absolute Gasteiger partial charge is 0.342 e. The summed E-state index contributed by atoms with van der Waals surface area (Å²) in [6, 6.07) is 2.51. The molecule has 0 heterocycles. The van der Waals surface area contributed by atoms with Crippen molar-refractivity contribution >= 4 is 21.9 Å². The van der Waals surface area contributed by atoms with Crippen molar-refractivity contribution in [3.8, 4) is 0 Å². The quantitative estimate of drug-likeness (QED) is 0.870. The summed E-state index contributed by atoms with van der Waals surface area (Å²) in [5, 5.41) is 0. The van der Waals surface area contributed by atoms with Crippen LogP contribution in [0.5, 0.6) is 0 Å². The summed E-state index contributed by atoms with van der Waals surface area (Å²) in [7, 11) is 0. The zero-order valence-corrected chi connectivity index (χ0v) is 10.7. The summed E-state index contributed by atoms with van der Waals surface area (Å²) in [5.41, 5.74) is 5.74. The first-order chi connectivity index (χ1) is 7.95. The molecule has 0 saturated heterocycles. The van der Waals surface area contributed by atoms with E-state index in [9.17, 15) is 13.6 Å². The third-order valence-electron chi connectivity index (χ3n) is 2.10. The molecule has 0 radical (unpaired) electrons. The maximum absolute atomic E-state index is 13.6. The molecule has 3 nitrogen and oxygen atoms in total. The zero-order chi connectivity index (χ0) is 13.0. The second-order valence-corrected chi connectivity index (χ2v) is 4.30. The first kappa shape index (κ1) is 14.1. The molecule has 0 spiro atoms. The second-order valence-electron chi connectivity index (χ2n) is 3.38. The minimum absolute atomic E-state index is 0.0683. The van der Waals surface area contributed by atoms with Crippen molar-refractivity contribution < 1.29 is 18.3 Å². The molecule has 0 aromatic heterocycles. The first-order valence-corrected chi connectivity index (χ1v) is 5.77. The van der Waals surface area contributed by atoms with Gasteiger partial charge in [0.25, 0.3) is 0 Å². The monoisotopic (exact) mass is 307 g/mol. The number of rotatable bonds is 4. The van der Waals surface area contributed by atoms with Crippen LogP contribution in [0, 0.1) is 5.82 Å². The largest absolute Gasteiger partial charge is 0.464 e. The third-order valence-corrected chi connectivity index (χ3v) is 2.55. The fraction of sp³-hybridized carbons (Fsp3) is 0.364. The van der Waals surface area contributed by atoms with Gasteiger partial charge < -0.3 is 10.5 Å². The van der Waals surface area contributed by atoms with Gasteiger partial charge in [-0.2, -0.15) is 0 Å². The highest BCUT2D eigenvalue weighted by Crippen LogP contribution is 2.23. The number of halogens is 3. The number of benzene rings is 1. The molecule has 0 aliphatic carbocycles. The van der Waals surface area contributed by atoms with Crippen LogP contribution in [0.1, 0.15) is 18.5 Å². The summed E-state index contributed by atoms with van der Waals surface area (Å²) in [6.07, 6.45) is -2.01. The number of alkyl halides is 1. The highest BCUT2D eigenvalue weighted by Gasteiger charge is 2.28. The van der Waals surface area contributed by atoms with Gasteiger partial charge in [0.2, 0.25) is 6.17 Å². The molecular formula is C11H12BrF2NO2. The fourth-order valence-electron chi connectivity index (χ4n) is 1.31. The molecule has 6 heteroatoms. The van der Waals surface area contributed by atoms with Crippen LogP contribution in [-0.2, 0) is 9.53 Å². The number of hydrogen-bond donors (Lipinski definition) is 1. The van der Waals surface area contributed by atoms with Crippen LogP contribution >= 0.6 is 15.9 Å². The number of hydrogen-bond acceptors (Lipinski definition) is 3. The average molecular weight is 308 g/mol. The third kappa shape index (κ3) is 3.74. The summed E-state index contributed by atoms with van der Waals surface area (Å²) in [6.45, 7) is 1.63. The van der Waals surface area contributed by atoms with Crippen molar-refractivity contribution in [2.24, 2.45) is 5.73 Å². The van der Waals surface area contributed by atoms with Gasteiger partial charge in [0.1, 0.15) is 5.82 Å². The van der Waals surface area contributed by atoms with E-state index in [0.29, 0.717) is 4.47 Å². The molecule has 2 atom stereocenters. The Morgan fingerprint density at radius 2 is 2.18 bits per heavy atom. The standard InChI is InChI=1S/C11H12BrF2NO2/c1-2-17-11(16)9(14)10(15)6-3-7(12)5-8(13)4-6/h3-5,9-10H,2,15H2,1H3/t9?,10-/m1/s1. The normalized spacial score (nSPS) is 14.2. The van der Waals surface area contributed by atoms with Gasteiger partial charge in [0, 0.05) is 4.47 Å². The highest BCUT2D eigenvalue weighted by atomic mass is 79.9. The van der Waals surface area contributed by atoms with Gasteiger partial charge in [0.15, 0.2) is 0 Å². The molecular weight excluding hydrogens is 296 g/mol. The lowest BCUT2D eigenvalue weighted by molar-refractivity contribution is -0.149. The van der Waals surface area contributed by atoms with Crippen LogP contribution in [-0.4, -0.2) is 18.7 Å². The van der Waals surface area contributed by atoms with Crippen LogP contribution < -0.4 is 5.73 Å². The van der Waals surface area contributed by atoms with Gasteiger partial charge >= 0.3 is 5.97 Å². The molecule has 94 valence electrons. The summed E-state index contributed by atoms with van der Waals surface area (Å²) < 4.78 is 31.6. The van der Waals surface area contributed by atoms with Crippen LogP contribution in [0.25, 0.3) is 0 Å². The molecule has 0 bridgehead atoms. The first-order valence-electron chi connectivity index (χ1n) is 4.98. The van der Waals surface area contributed by atoms with E-state index in [4.69, 9.17) is 5.73 Å². The van der Waals surface area contributed by atoms with E-state index in [0.717, 1.165) is 6.07 Å². The topological polar surface area (TPSA) is 52.3 Å². The van der Waals surface area contributed by atoms with E-state index in [1.807, 2.05) is 0 Å². The van der Waals surface area contributed by atoms with Crippen LogP contribution in [0.2, 0.25) is 0 Å². The Kier molecular flexibility index (Phi) is 5.02. The average Bonchev–Trinajstić information content (AvgIpc) is 2.26. The van der Waals surface area contributed by atoms with Crippen LogP contribution in [0.4, 0.5) is 8.78 Å².